The molecule has 1 aromatic carbocycles. The topological polar surface area (TPSA) is 26.2 Å². The van der Waals surface area contributed by atoms with Crippen molar-refractivity contribution in [2.45, 2.75) is 26.9 Å². The molecule has 1 heterocycles. The molecule has 0 saturated carbocycles. The molecule has 0 amide bonds. The predicted octanol–water partition coefficient (Wildman–Crippen LogP) is 3.66. The van der Waals surface area contributed by atoms with Crippen molar-refractivity contribution in [2.75, 3.05) is 11.9 Å². The highest BCUT2D eigenvalue weighted by atomic mass is 19.1. The van der Waals surface area contributed by atoms with E-state index in [-0.39, 0.29) is 5.82 Å². The van der Waals surface area contributed by atoms with Gasteiger partial charge in [0.2, 0.25) is 0 Å². The SMILES string of the molecule is CCOc1ccc(NCc2cccn2CC)cc1F. The molecule has 0 bridgehead atoms. The van der Waals surface area contributed by atoms with Crippen molar-refractivity contribution in [1.82, 2.24) is 4.57 Å². The number of aryl methyl sites for hydroxylation is 1. The predicted molar refractivity (Wildman–Crippen MR) is 75.0 cm³/mol. The molecule has 102 valence electrons. The second-order valence-corrected chi connectivity index (χ2v) is 4.22. The Morgan fingerprint density at radius 1 is 1.26 bits per heavy atom. The Morgan fingerprint density at radius 2 is 2.11 bits per heavy atom. The van der Waals surface area contributed by atoms with E-state index in [4.69, 9.17) is 4.74 Å². The van der Waals surface area contributed by atoms with Gasteiger partial charge in [-0.1, -0.05) is 0 Å². The molecule has 19 heavy (non-hydrogen) atoms. The van der Waals surface area contributed by atoms with E-state index in [0.29, 0.717) is 18.9 Å². The molecule has 3 nitrogen and oxygen atoms in total. The maximum atomic E-state index is 13.7. The summed E-state index contributed by atoms with van der Waals surface area (Å²) in [6.45, 7) is 6.01. The van der Waals surface area contributed by atoms with Crippen LogP contribution >= 0.6 is 0 Å². The molecule has 1 aromatic heterocycles. The standard InChI is InChI=1S/C15H19FN2O/c1-3-18-9-5-6-13(18)11-17-12-7-8-15(19-4-2)14(16)10-12/h5-10,17H,3-4,11H2,1-2H3. The highest BCUT2D eigenvalue weighted by molar-refractivity contribution is 5.47. The summed E-state index contributed by atoms with van der Waals surface area (Å²) in [5, 5.41) is 3.22. The van der Waals surface area contributed by atoms with Crippen LogP contribution in [0.3, 0.4) is 0 Å². The molecule has 0 atom stereocenters. The number of anilines is 1. The number of aromatic nitrogens is 1. The van der Waals surface area contributed by atoms with Gasteiger partial charge in [0.1, 0.15) is 0 Å². The molecular formula is C15H19FN2O. The first-order valence-corrected chi connectivity index (χ1v) is 6.54. The van der Waals surface area contributed by atoms with E-state index in [1.54, 1.807) is 6.07 Å². The molecule has 0 radical (unpaired) electrons. The minimum absolute atomic E-state index is 0.296. The molecule has 0 fully saturated rings. The van der Waals surface area contributed by atoms with Crippen LogP contribution in [0.15, 0.2) is 36.5 Å². The summed E-state index contributed by atoms with van der Waals surface area (Å²) >= 11 is 0. The highest BCUT2D eigenvalue weighted by Crippen LogP contribution is 2.21. The molecule has 2 aromatic rings. The first-order valence-electron chi connectivity index (χ1n) is 6.54. The van der Waals surface area contributed by atoms with E-state index >= 15 is 0 Å². The summed E-state index contributed by atoms with van der Waals surface area (Å²) in [6.07, 6.45) is 2.04. The summed E-state index contributed by atoms with van der Waals surface area (Å²) in [4.78, 5) is 0. The smallest absolute Gasteiger partial charge is 0.167 e. The molecule has 0 aliphatic heterocycles. The summed E-state index contributed by atoms with van der Waals surface area (Å²) in [5.74, 6) is -0.0392. The van der Waals surface area contributed by atoms with Crippen LogP contribution in [0.4, 0.5) is 10.1 Å². The van der Waals surface area contributed by atoms with Crippen molar-refractivity contribution in [3.63, 3.8) is 0 Å². The fourth-order valence-electron chi connectivity index (χ4n) is 1.99. The largest absolute Gasteiger partial charge is 0.491 e. The minimum atomic E-state index is -0.335. The zero-order valence-corrected chi connectivity index (χ0v) is 11.3. The lowest BCUT2D eigenvalue weighted by Crippen LogP contribution is -2.06. The third-order valence-corrected chi connectivity index (χ3v) is 2.97. The Balaban J connectivity index is 2.02. The van der Waals surface area contributed by atoms with Gasteiger partial charge >= 0.3 is 0 Å². The Hall–Kier alpha value is -1.97. The van der Waals surface area contributed by atoms with Crippen molar-refractivity contribution in [1.29, 1.82) is 0 Å². The van der Waals surface area contributed by atoms with Gasteiger partial charge in [-0.05, 0) is 38.1 Å². The lowest BCUT2D eigenvalue weighted by atomic mass is 10.2. The summed E-state index contributed by atoms with van der Waals surface area (Å²) in [7, 11) is 0. The molecule has 0 saturated heterocycles. The van der Waals surface area contributed by atoms with Gasteiger partial charge < -0.3 is 14.6 Å². The van der Waals surface area contributed by atoms with Crippen LogP contribution < -0.4 is 10.1 Å². The van der Waals surface area contributed by atoms with Crippen LogP contribution in [0.1, 0.15) is 19.5 Å². The van der Waals surface area contributed by atoms with Crippen LogP contribution in [0.25, 0.3) is 0 Å². The zero-order valence-electron chi connectivity index (χ0n) is 11.3. The fraction of sp³-hybridized carbons (Fsp3) is 0.333. The fourth-order valence-corrected chi connectivity index (χ4v) is 1.99. The maximum absolute atomic E-state index is 13.7. The lowest BCUT2D eigenvalue weighted by molar-refractivity contribution is 0.321. The maximum Gasteiger partial charge on any atom is 0.167 e. The highest BCUT2D eigenvalue weighted by Gasteiger charge is 2.05. The van der Waals surface area contributed by atoms with Crippen LogP contribution in [-0.2, 0) is 13.1 Å². The number of hydrogen-bond acceptors (Lipinski definition) is 2. The van der Waals surface area contributed by atoms with Gasteiger partial charge in [0.15, 0.2) is 11.6 Å². The van der Waals surface area contributed by atoms with Gasteiger partial charge in [0.25, 0.3) is 0 Å². The zero-order chi connectivity index (χ0) is 13.7. The number of ether oxygens (including phenoxy) is 1. The van der Waals surface area contributed by atoms with Crippen molar-refractivity contribution < 1.29 is 9.13 Å². The van der Waals surface area contributed by atoms with E-state index in [0.717, 1.165) is 12.2 Å². The molecule has 0 aliphatic rings. The van der Waals surface area contributed by atoms with Gasteiger partial charge in [-0.25, -0.2) is 4.39 Å². The Morgan fingerprint density at radius 3 is 2.79 bits per heavy atom. The Bertz CT molecular complexity index is 537. The summed E-state index contributed by atoms with van der Waals surface area (Å²) in [5.41, 5.74) is 1.93. The minimum Gasteiger partial charge on any atom is -0.491 e. The van der Waals surface area contributed by atoms with E-state index in [9.17, 15) is 4.39 Å². The van der Waals surface area contributed by atoms with Crippen molar-refractivity contribution in [2.24, 2.45) is 0 Å². The summed E-state index contributed by atoms with van der Waals surface area (Å²) in [6, 6.07) is 9.01. The number of halogens is 1. The number of hydrogen-bond donors (Lipinski definition) is 1. The molecule has 0 aliphatic carbocycles. The van der Waals surface area contributed by atoms with E-state index in [2.05, 4.69) is 22.9 Å². The monoisotopic (exact) mass is 262 g/mol. The van der Waals surface area contributed by atoms with Crippen molar-refractivity contribution in [3.8, 4) is 5.75 Å². The van der Waals surface area contributed by atoms with Gasteiger partial charge in [-0.2, -0.15) is 0 Å². The number of nitrogens with zero attached hydrogens (tertiary/aromatic N) is 1. The third kappa shape index (κ3) is 3.28. The second-order valence-electron chi connectivity index (χ2n) is 4.22. The van der Waals surface area contributed by atoms with Gasteiger partial charge in [-0.3, -0.25) is 0 Å². The normalized spacial score (nSPS) is 10.5. The molecular weight excluding hydrogens is 243 g/mol. The van der Waals surface area contributed by atoms with Crippen molar-refractivity contribution in [3.05, 3.63) is 48.0 Å². The van der Waals surface area contributed by atoms with Crippen LogP contribution in [-0.4, -0.2) is 11.2 Å². The second kappa shape index (κ2) is 6.27. The quantitative estimate of drug-likeness (QED) is 0.860. The Kier molecular flexibility index (Phi) is 4.44. The van der Waals surface area contributed by atoms with Crippen molar-refractivity contribution >= 4 is 5.69 Å². The van der Waals surface area contributed by atoms with E-state index < -0.39 is 0 Å². The number of rotatable bonds is 6. The van der Waals surface area contributed by atoms with E-state index in [1.165, 1.54) is 11.8 Å². The molecule has 4 heteroatoms. The van der Waals surface area contributed by atoms with E-state index in [1.807, 2.05) is 25.3 Å². The van der Waals surface area contributed by atoms with Crippen LogP contribution in [0.2, 0.25) is 0 Å². The average Bonchev–Trinajstić information content (AvgIpc) is 2.87. The first kappa shape index (κ1) is 13.5. The molecule has 0 spiro atoms. The lowest BCUT2D eigenvalue weighted by Gasteiger charge is -2.11. The van der Waals surface area contributed by atoms with Gasteiger partial charge in [-0.15, -0.1) is 0 Å². The molecule has 2 rings (SSSR count). The van der Waals surface area contributed by atoms with Crippen LogP contribution in [0.5, 0.6) is 5.75 Å². The molecule has 1 N–H and O–H groups in total. The van der Waals surface area contributed by atoms with Crippen LogP contribution in [0, 0.1) is 5.82 Å². The summed E-state index contributed by atoms with van der Waals surface area (Å²) < 4.78 is 21.0. The Labute approximate surface area is 113 Å². The first-order chi connectivity index (χ1) is 9.24. The van der Waals surface area contributed by atoms with Gasteiger partial charge in [0.05, 0.1) is 13.2 Å². The number of nitrogens with one attached hydrogen (secondary N) is 1. The average molecular weight is 262 g/mol. The van der Waals surface area contributed by atoms with Gasteiger partial charge in [0, 0.05) is 30.2 Å². The molecule has 0 unspecified atom stereocenters. The number of benzene rings is 1. The third-order valence-electron chi connectivity index (χ3n) is 2.97.